The van der Waals surface area contributed by atoms with Crippen LogP contribution in [0.15, 0.2) is 73.1 Å². The van der Waals surface area contributed by atoms with Crippen LogP contribution in [0.25, 0.3) is 0 Å². The molecule has 3 amide bonds. The molecule has 40 heavy (non-hydrogen) atoms. The molecular weight excluding hydrogens is 504 g/mol. The summed E-state index contributed by atoms with van der Waals surface area (Å²) >= 11 is 0. The Bertz CT molecular complexity index is 1310. The number of hydrogen-bond donors (Lipinski definition) is 2. The second-order valence-electron chi connectivity index (χ2n) is 10.2. The summed E-state index contributed by atoms with van der Waals surface area (Å²) in [4.78, 5) is 49.6. The van der Waals surface area contributed by atoms with Gasteiger partial charge in [-0.05, 0) is 55.3 Å². The van der Waals surface area contributed by atoms with Gasteiger partial charge in [0.1, 0.15) is 0 Å². The van der Waals surface area contributed by atoms with Gasteiger partial charge in [-0.25, -0.2) is 0 Å². The van der Waals surface area contributed by atoms with E-state index in [2.05, 4.69) is 20.5 Å². The number of nitrogens with zero attached hydrogens (tertiary/aromatic N) is 4. The van der Waals surface area contributed by atoms with Crippen molar-refractivity contribution in [2.45, 2.75) is 19.3 Å². The SMILES string of the molecule is O=C(Cc1ccccc1)Nc1cc(C(=O)N2CCCNCC2)ccc1N1CCCN(C(=O)c2cccnc2)CC1. The predicted octanol–water partition coefficient (Wildman–Crippen LogP) is 3.05. The maximum atomic E-state index is 13.4. The molecule has 0 bridgehead atoms. The first-order valence-corrected chi connectivity index (χ1v) is 14.0. The van der Waals surface area contributed by atoms with E-state index in [9.17, 15) is 14.4 Å². The van der Waals surface area contributed by atoms with E-state index in [4.69, 9.17) is 0 Å². The van der Waals surface area contributed by atoms with Gasteiger partial charge in [-0.1, -0.05) is 30.3 Å². The minimum atomic E-state index is -0.140. The molecule has 208 valence electrons. The largest absolute Gasteiger partial charge is 0.368 e. The third-order valence-corrected chi connectivity index (χ3v) is 7.38. The smallest absolute Gasteiger partial charge is 0.255 e. The summed E-state index contributed by atoms with van der Waals surface area (Å²) < 4.78 is 0. The Kier molecular flexibility index (Phi) is 9.03. The average molecular weight is 541 g/mol. The fourth-order valence-corrected chi connectivity index (χ4v) is 5.29. The van der Waals surface area contributed by atoms with Crippen molar-refractivity contribution in [3.8, 4) is 0 Å². The lowest BCUT2D eigenvalue weighted by Crippen LogP contribution is -2.35. The first kappa shape index (κ1) is 27.3. The van der Waals surface area contributed by atoms with Crippen LogP contribution in [0, 0.1) is 0 Å². The molecule has 9 heteroatoms. The predicted molar refractivity (Wildman–Crippen MR) is 156 cm³/mol. The first-order chi connectivity index (χ1) is 19.6. The number of benzene rings is 2. The number of carbonyl (C=O) groups excluding carboxylic acids is 3. The van der Waals surface area contributed by atoms with Gasteiger partial charge in [0.25, 0.3) is 11.8 Å². The monoisotopic (exact) mass is 540 g/mol. The summed E-state index contributed by atoms with van der Waals surface area (Å²) in [7, 11) is 0. The van der Waals surface area contributed by atoms with E-state index >= 15 is 0 Å². The molecule has 2 fully saturated rings. The van der Waals surface area contributed by atoms with Crippen LogP contribution in [0.5, 0.6) is 0 Å². The second kappa shape index (κ2) is 13.2. The molecule has 1 aromatic heterocycles. The molecule has 2 aromatic carbocycles. The summed E-state index contributed by atoms with van der Waals surface area (Å²) in [6.07, 6.45) is 5.19. The summed E-state index contributed by atoms with van der Waals surface area (Å²) in [5, 5.41) is 6.43. The molecule has 0 radical (unpaired) electrons. The van der Waals surface area contributed by atoms with Crippen LogP contribution in [-0.4, -0.2) is 84.9 Å². The quantitative estimate of drug-likeness (QED) is 0.499. The van der Waals surface area contributed by atoms with Crippen LogP contribution in [0.4, 0.5) is 11.4 Å². The Balaban J connectivity index is 1.36. The van der Waals surface area contributed by atoms with Crippen molar-refractivity contribution in [3.63, 3.8) is 0 Å². The van der Waals surface area contributed by atoms with Gasteiger partial charge < -0.3 is 25.3 Å². The lowest BCUT2D eigenvalue weighted by atomic mass is 10.1. The Morgan fingerprint density at radius 1 is 0.775 bits per heavy atom. The minimum absolute atomic E-state index is 0.0285. The molecular formula is C31H36N6O3. The van der Waals surface area contributed by atoms with Crippen LogP contribution in [0.2, 0.25) is 0 Å². The van der Waals surface area contributed by atoms with Crippen molar-refractivity contribution < 1.29 is 14.4 Å². The molecule has 5 rings (SSSR count). The maximum Gasteiger partial charge on any atom is 0.255 e. The number of hydrogen-bond acceptors (Lipinski definition) is 6. The Morgan fingerprint density at radius 3 is 2.40 bits per heavy atom. The van der Waals surface area contributed by atoms with Crippen molar-refractivity contribution in [1.82, 2.24) is 20.1 Å². The van der Waals surface area contributed by atoms with Gasteiger partial charge in [-0.3, -0.25) is 19.4 Å². The highest BCUT2D eigenvalue weighted by Gasteiger charge is 2.24. The summed E-state index contributed by atoms with van der Waals surface area (Å²) in [5.41, 5.74) is 3.53. The number of carbonyl (C=O) groups is 3. The van der Waals surface area contributed by atoms with E-state index in [0.29, 0.717) is 49.5 Å². The van der Waals surface area contributed by atoms with Gasteiger partial charge in [-0.15, -0.1) is 0 Å². The number of rotatable bonds is 6. The van der Waals surface area contributed by atoms with Crippen LogP contribution in [0.1, 0.15) is 39.1 Å². The number of aromatic nitrogens is 1. The summed E-state index contributed by atoms with van der Waals surface area (Å²) in [6.45, 7) is 5.55. The third kappa shape index (κ3) is 6.84. The number of amides is 3. The lowest BCUT2D eigenvalue weighted by Gasteiger charge is -2.27. The van der Waals surface area contributed by atoms with Gasteiger partial charge >= 0.3 is 0 Å². The van der Waals surface area contributed by atoms with E-state index < -0.39 is 0 Å². The van der Waals surface area contributed by atoms with Crippen molar-refractivity contribution >= 4 is 29.1 Å². The molecule has 0 atom stereocenters. The van der Waals surface area contributed by atoms with Gasteiger partial charge in [0.15, 0.2) is 0 Å². The third-order valence-electron chi connectivity index (χ3n) is 7.38. The van der Waals surface area contributed by atoms with Crippen LogP contribution in [-0.2, 0) is 11.2 Å². The highest BCUT2D eigenvalue weighted by atomic mass is 16.2. The number of nitrogens with one attached hydrogen (secondary N) is 2. The topological polar surface area (TPSA) is 97.9 Å². The zero-order chi connectivity index (χ0) is 27.7. The molecule has 2 N–H and O–H groups in total. The Hall–Kier alpha value is -4.24. The molecule has 0 unspecified atom stereocenters. The highest BCUT2D eigenvalue weighted by molar-refractivity contribution is 6.00. The van der Waals surface area contributed by atoms with Crippen molar-refractivity contribution in [1.29, 1.82) is 0 Å². The summed E-state index contributed by atoms with van der Waals surface area (Å²) in [6, 6.07) is 18.8. The highest BCUT2D eigenvalue weighted by Crippen LogP contribution is 2.29. The average Bonchev–Trinajstić information content (AvgIpc) is 3.41. The number of pyridine rings is 1. The van der Waals surface area contributed by atoms with Crippen molar-refractivity contribution in [3.05, 3.63) is 89.7 Å². The summed E-state index contributed by atoms with van der Waals surface area (Å²) in [5.74, 6) is -0.198. The Morgan fingerprint density at radius 2 is 1.57 bits per heavy atom. The van der Waals surface area contributed by atoms with Gasteiger partial charge in [-0.2, -0.15) is 0 Å². The van der Waals surface area contributed by atoms with Crippen LogP contribution in [0.3, 0.4) is 0 Å². The van der Waals surface area contributed by atoms with Crippen molar-refractivity contribution in [2.24, 2.45) is 0 Å². The van der Waals surface area contributed by atoms with Crippen LogP contribution >= 0.6 is 0 Å². The fraction of sp³-hybridized carbons (Fsp3) is 0.355. The molecule has 3 heterocycles. The van der Waals surface area contributed by atoms with Gasteiger partial charge in [0, 0.05) is 63.8 Å². The minimum Gasteiger partial charge on any atom is -0.368 e. The molecule has 9 nitrogen and oxygen atoms in total. The second-order valence-corrected chi connectivity index (χ2v) is 10.2. The normalized spacial score (nSPS) is 16.1. The standard InChI is InChI=1S/C31H36N6O3/c38-29(21-24-7-2-1-3-8-24)34-27-22-25(30(39)36-15-5-13-32-14-18-36)10-11-28(27)35-16-6-17-37(20-19-35)31(40)26-9-4-12-33-23-26/h1-4,7-12,22-23,32H,5-6,13-21H2,(H,34,38). The molecule has 3 aromatic rings. The molecule has 2 aliphatic heterocycles. The fourth-order valence-electron chi connectivity index (χ4n) is 5.29. The molecule has 0 spiro atoms. The van der Waals surface area contributed by atoms with Gasteiger partial charge in [0.05, 0.1) is 23.4 Å². The van der Waals surface area contributed by atoms with E-state index in [1.807, 2.05) is 58.3 Å². The maximum absolute atomic E-state index is 13.4. The van der Waals surface area contributed by atoms with E-state index in [1.165, 1.54) is 0 Å². The lowest BCUT2D eigenvalue weighted by molar-refractivity contribution is -0.115. The molecule has 2 aliphatic rings. The molecule has 2 saturated heterocycles. The van der Waals surface area contributed by atoms with Gasteiger partial charge in [0.2, 0.25) is 5.91 Å². The van der Waals surface area contributed by atoms with E-state index in [1.54, 1.807) is 24.5 Å². The first-order valence-electron chi connectivity index (χ1n) is 14.0. The van der Waals surface area contributed by atoms with Crippen molar-refractivity contribution in [2.75, 3.05) is 62.6 Å². The molecule has 0 saturated carbocycles. The zero-order valence-corrected chi connectivity index (χ0v) is 22.7. The van der Waals surface area contributed by atoms with E-state index in [0.717, 1.165) is 43.7 Å². The zero-order valence-electron chi connectivity index (χ0n) is 22.7. The molecule has 0 aliphatic carbocycles. The number of anilines is 2. The van der Waals surface area contributed by atoms with Crippen LogP contribution < -0.4 is 15.5 Å². The Labute approximate surface area is 235 Å². The van der Waals surface area contributed by atoms with E-state index in [-0.39, 0.29) is 24.1 Å².